The molecule has 0 unspecified atom stereocenters. The lowest BCUT2D eigenvalue weighted by Gasteiger charge is -2.10. The quantitative estimate of drug-likeness (QED) is 0.531. The van der Waals surface area contributed by atoms with Crippen LogP contribution in [0.25, 0.3) is 0 Å². The molecule has 1 aromatic rings. The number of ether oxygens (including phenoxy) is 1. The van der Waals surface area contributed by atoms with Gasteiger partial charge in [0.25, 0.3) is 0 Å². The lowest BCUT2D eigenvalue weighted by Crippen LogP contribution is -2.29. The zero-order valence-electron chi connectivity index (χ0n) is 11.4. The van der Waals surface area contributed by atoms with Crippen molar-refractivity contribution in [1.82, 2.24) is 5.32 Å². The number of hydrogen-bond donors (Lipinski definition) is 3. The molecule has 0 radical (unpaired) electrons. The SMILES string of the molecule is COc1ccc(NC(=O)NCCCC(=O)O)cc1SC. The van der Waals surface area contributed by atoms with Crippen LogP contribution in [0, 0.1) is 0 Å². The Morgan fingerprint density at radius 1 is 1.40 bits per heavy atom. The summed E-state index contributed by atoms with van der Waals surface area (Å²) in [6.07, 6.45) is 2.37. The van der Waals surface area contributed by atoms with Gasteiger partial charge in [0, 0.05) is 18.7 Å². The monoisotopic (exact) mass is 298 g/mol. The number of methoxy groups -OCH3 is 1. The number of thioether (sulfide) groups is 1. The van der Waals surface area contributed by atoms with Crippen molar-refractivity contribution in [3.63, 3.8) is 0 Å². The van der Waals surface area contributed by atoms with Crippen molar-refractivity contribution in [3.05, 3.63) is 18.2 Å². The summed E-state index contributed by atoms with van der Waals surface area (Å²) in [5.74, 6) is -0.114. The molecule has 1 rings (SSSR count). The number of urea groups is 1. The molecule has 0 saturated carbocycles. The van der Waals surface area contributed by atoms with Gasteiger partial charge < -0.3 is 20.5 Å². The summed E-state index contributed by atoms with van der Waals surface area (Å²) in [4.78, 5) is 22.9. The molecule has 3 N–H and O–H groups in total. The van der Waals surface area contributed by atoms with Crippen molar-refractivity contribution in [3.8, 4) is 5.75 Å². The highest BCUT2D eigenvalue weighted by molar-refractivity contribution is 7.98. The first-order valence-electron chi connectivity index (χ1n) is 6.05. The Hall–Kier alpha value is -1.89. The zero-order valence-corrected chi connectivity index (χ0v) is 12.3. The maximum atomic E-state index is 11.6. The molecule has 0 atom stereocenters. The van der Waals surface area contributed by atoms with Gasteiger partial charge >= 0.3 is 12.0 Å². The van der Waals surface area contributed by atoms with Gasteiger partial charge in [-0.05, 0) is 30.9 Å². The van der Waals surface area contributed by atoms with Crippen LogP contribution in [0.4, 0.5) is 10.5 Å². The highest BCUT2D eigenvalue weighted by Gasteiger charge is 2.06. The number of rotatable bonds is 7. The summed E-state index contributed by atoms with van der Waals surface area (Å²) >= 11 is 1.52. The van der Waals surface area contributed by atoms with E-state index in [0.717, 1.165) is 10.6 Å². The van der Waals surface area contributed by atoms with E-state index in [1.165, 1.54) is 11.8 Å². The van der Waals surface area contributed by atoms with Gasteiger partial charge in [0.2, 0.25) is 0 Å². The first-order valence-corrected chi connectivity index (χ1v) is 7.28. The topological polar surface area (TPSA) is 87.7 Å². The number of hydrogen-bond acceptors (Lipinski definition) is 4. The molecule has 0 heterocycles. The molecule has 0 aliphatic heterocycles. The van der Waals surface area contributed by atoms with Crippen molar-refractivity contribution < 1.29 is 19.4 Å². The number of carboxylic acids is 1. The largest absolute Gasteiger partial charge is 0.496 e. The minimum absolute atomic E-state index is 0.0411. The summed E-state index contributed by atoms with van der Waals surface area (Å²) in [6, 6.07) is 4.99. The van der Waals surface area contributed by atoms with Gasteiger partial charge in [0.05, 0.1) is 12.0 Å². The van der Waals surface area contributed by atoms with Crippen LogP contribution in [0.3, 0.4) is 0 Å². The van der Waals surface area contributed by atoms with Crippen LogP contribution in [-0.2, 0) is 4.79 Å². The predicted molar refractivity (Wildman–Crippen MR) is 78.7 cm³/mol. The van der Waals surface area contributed by atoms with Crippen molar-refractivity contribution in [2.24, 2.45) is 0 Å². The number of carbonyl (C=O) groups excluding carboxylic acids is 1. The first-order chi connectivity index (χ1) is 9.56. The second kappa shape index (κ2) is 8.31. The molecule has 20 heavy (non-hydrogen) atoms. The number of anilines is 1. The Labute approximate surface area is 121 Å². The van der Waals surface area contributed by atoms with E-state index in [1.54, 1.807) is 19.2 Å². The van der Waals surface area contributed by atoms with E-state index in [2.05, 4.69) is 10.6 Å². The van der Waals surface area contributed by atoms with E-state index in [-0.39, 0.29) is 12.5 Å². The number of carboxylic acid groups (broad SMARTS) is 1. The summed E-state index contributed by atoms with van der Waals surface area (Å²) in [7, 11) is 1.59. The van der Waals surface area contributed by atoms with Gasteiger partial charge in [-0.1, -0.05) is 0 Å². The number of nitrogens with one attached hydrogen (secondary N) is 2. The third-order valence-corrected chi connectivity index (χ3v) is 3.25. The van der Waals surface area contributed by atoms with E-state index in [0.29, 0.717) is 18.7 Å². The predicted octanol–water partition coefficient (Wildman–Crippen LogP) is 2.40. The van der Waals surface area contributed by atoms with Crippen LogP contribution < -0.4 is 15.4 Å². The molecule has 0 bridgehead atoms. The molecule has 7 heteroatoms. The van der Waals surface area contributed by atoms with Crippen LogP contribution in [0.2, 0.25) is 0 Å². The molecule has 2 amide bonds. The van der Waals surface area contributed by atoms with Gasteiger partial charge in [-0.2, -0.15) is 0 Å². The highest BCUT2D eigenvalue weighted by Crippen LogP contribution is 2.30. The lowest BCUT2D eigenvalue weighted by atomic mass is 10.3. The van der Waals surface area contributed by atoms with Crippen molar-refractivity contribution in [1.29, 1.82) is 0 Å². The summed E-state index contributed by atoms with van der Waals surface area (Å²) < 4.78 is 5.19. The van der Waals surface area contributed by atoms with Crippen LogP contribution in [0.5, 0.6) is 5.75 Å². The summed E-state index contributed by atoms with van der Waals surface area (Å²) in [6.45, 7) is 0.323. The summed E-state index contributed by atoms with van der Waals surface area (Å²) in [5, 5.41) is 13.8. The Morgan fingerprint density at radius 3 is 2.75 bits per heavy atom. The Kier molecular flexibility index (Phi) is 6.72. The molecule has 0 aliphatic rings. The maximum Gasteiger partial charge on any atom is 0.319 e. The standard InChI is InChI=1S/C13H18N2O4S/c1-19-10-6-5-9(8-11(10)20-2)15-13(18)14-7-3-4-12(16)17/h5-6,8H,3-4,7H2,1-2H3,(H,16,17)(H2,14,15,18). The number of carbonyl (C=O) groups is 2. The molecule has 0 saturated heterocycles. The van der Waals surface area contributed by atoms with Gasteiger partial charge in [-0.3, -0.25) is 4.79 Å². The molecular formula is C13H18N2O4S. The van der Waals surface area contributed by atoms with E-state index >= 15 is 0 Å². The van der Waals surface area contributed by atoms with Crippen molar-refractivity contribution >= 4 is 29.4 Å². The molecule has 110 valence electrons. The molecule has 6 nitrogen and oxygen atoms in total. The average molecular weight is 298 g/mol. The maximum absolute atomic E-state index is 11.6. The van der Waals surface area contributed by atoms with Crippen LogP contribution in [0.1, 0.15) is 12.8 Å². The Balaban J connectivity index is 2.47. The zero-order chi connectivity index (χ0) is 15.0. The van der Waals surface area contributed by atoms with Gasteiger partial charge in [0.1, 0.15) is 5.75 Å². The first kappa shape index (κ1) is 16.2. The van der Waals surface area contributed by atoms with Crippen molar-refractivity contribution in [2.75, 3.05) is 25.2 Å². The molecule has 0 aliphatic carbocycles. The lowest BCUT2D eigenvalue weighted by molar-refractivity contribution is -0.137. The van der Waals surface area contributed by atoms with Crippen LogP contribution in [0.15, 0.2) is 23.1 Å². The number of amides is 2. The normalized spacial score (nSPS) is 9.90. The minimum atomic E-state index is -0.869. The van der Waals surface area contributed by atoms with Crippen LogP contribution in [-0.4, -0.2) is 37.0 Å². The van der Waals surface area contributed by atoms with Crippen LogP contribution >= 0.6 is 11.8 Å². The molecule has 1 aromatic carbocycles. The van der Waals surface area contributed by atoms with Gasteiger partial charge in [0.15, 0.2) is 0 Å². The second-order valence-corrected chi connectivity index (χ2v) is 4.80. The fourth-order valence-corrected chi connectivity index (χ4v) is 2.13. The molecule has 0 fully saturated rings. The molecule has 0 spiro atoms. The number of benzene rings is 1. The second-order valence-electron chi connectivity index (χ2n) is 3.95. The van der Waals surface area contributed by atoms with Gasteiger partial charge in [-0.25, -0.2) is 4.79 Å². The molecule has 0 aromatic heterocycles. The average Bonchev–Trinajstić information content (AvgIpc) is 2.43. The summed E-state index contributed by atoms with van der Waals surface area (Å²) in [5.41, 5.74) is 0.658. The molecular weight excluding hydrogens is 280 g/mol. The smallest absolute Gasteiger partial charge is 0.319 e. The fraction of sp³-hybridized carbons (Fsp3) is 0.385. The minimum Gasteiger partial charge on any atom is -0.496 e. The Morgan fingerprint density at radius 2 is 2.15 bits per heavy atom. The van der Waals surface area contributed by atoms with Gasteiger partial charge in [-0.15, -0.1) is 11.8 Å². The number of aliphatic carboxylic acids is 1. The van der Waals surface area contributed by atoms with E-state index in [4.69, 9.17) is 9.84 Å². The van der Waals surface area contributed by atoms with E-state index < -0.39 is 5.97 Å². The Bertz CT molecular complexity index is 479. The van der Waals surface area contributed by atoms with E-state index in [9.17, 15) is 9.59 Å². The third kappa shape index (κ3) is 5.40. The van der Waals surface area contributed by atoms with E-state index in [1.807, 2.05) is 12.3 Å². The third-order valence-electron chi connectivity index (χ3n) is 2.49. The van der Waals surface area contributed by atoms with Crippen molar-refractivity contribution in [2.45, 2.75) is 17.7 Å². The fourth-order valence-electron chi connectivity index (χ4n) is 1.53. The highest BCUT2D eigenvalue weighted by atomic mass is 32.2.